The van der Waals surface area contributed by atoms with Crippen molar-refractivity contribution in [1.82, 2.24) is 0 Å². The number of alkyl halides is 2. The molecule has 20 heteroatoms. The predicted octanol–water partition coefficient (Wildman–Crippen LogP) is 11.6. The highest BCUT2D eigenvalue weighted by Crippen LogP contribution is 2.35. The molecule has 0 saturated carbocycles. The molecule has 4 amide bonds. The molecule has 0 heterocycles. The van der Waals surface area contributed by atoms with Crippen molar-refractivity contribution in [2.45, 2.75) is 37.7 Å². The van der Waals surface area contributed by atoms with Gasteiger partial charge in [-0.1, -0.05) is 70.7 Å². The molecule has 0 radical (unpaired) electrons. The van der Waals surface area contributed by atoms with E-state index >= 15 is 0 Å². The summed E-state index contributed by atoms with van der Waals surface area (Å²) in [4.78, 5) is 77.5. The number of carbonyl (C=O) groups excluding carboxylic acids is 6. The Bertz CT molecular complexity index is 2590. The van der Waals surface area contributed by atoms with Gasteiger partial charge in [0.25, 0.3) is 23.6 Å². The van der Waals surface area contributed by atoms with Crippen LogP contribution in [0.5, 0.6) is 0 Å². The fraction of sp³-hybridized carbons (Fsp3) is 0.143. The van der Waals surface area contributed by atoms with Gasteiger partial charge in [-0.3, -0.25) is 28.8 Å². The number of hydrogen-bond donors (Lipinski definition) is 4. The molecule has 0 fully saturated rings. The zero-order valence-corrected chi connectivity index (χ0v) is 36.8. The lowest BCUT2D eigenvalue weighted by molar-refractivity contribution is -0.127. The van der Waals surface area contributed by atoms with E-state index in [1.165, 1.54) is 48.5 Å². The van der Waals surface area contributed by atoms with Gasteiger partial charge in [-0.2, -0.15) is 20.5 Å². The Morgan fingerprint density at radius 1 is 0.500 bits per heavy atom. The normalized spacial score (nSPS) is 12.1. The van der Waals surface area contributed by atoms with Gasteiger partial charge in [0.2, 0.25) is 12.1 Å². The third-order valence-corrected chi connectivity index (χ3v) is 10.1. The third kappa shape index (κ3) is 13.1. The molecule has 4 N–H and O–H groups in total. The predicted molar refractivity (Wildman–Crippen MR) is 242 cm³/mol. The van der Waals surface area contributed by atoms with E-state index in [4.69, 9.17) is 69.6 Å². The molecule has 0 spiro atoms. The zero-order valence-electron chi connectivity index (χ0n) is 32.3. The highest BCUT2D eigenvalue weighted by Gasteiger charge is 2.27. The van der Waals surface area contributed by atoms with Crippen LogP contribution >= 0.6 is 69.6 Å². The number of azo groups is 2. The van der Waals surface area contributed by atoms with Gasteiger partial charge in [0.05, 0.1) is 27.1 Å². The van der Waals surface area contributed by atoms with Gasteiger partial charge in [0, 0.05) is 50.0 Å². The van der Waals surface area contributed by atoms with Gasteiger partial charge in [-0.05, 0) is 97.8 Å². The van der Waals surface area contributed by atoms with Crippen molar-refractivity contribution in [3.05, 3.63) is 139 Å². The first kappa shape index (κ1) is 47.3. The van der Waals surface area contributed by atoms with Crippen molar-refractivity contribution in [1.29, 1.82) is 0 Å². The summed E-state index contributed by atoms with van der Waals surface area (Å²) < 4.78 is 0. The number of nitrogens with one attached hydrogen (secondary N) is 4. The number of anilines is 4. The minimum absolute atomic E-state index is 0.0149. The topological polar surface area (TPSA) is 200 Å². The Morgan fingerprint density at radius 2 is 0.887 bits per heavy atom. The summed E-state index contributed by atoms with van der Waals surface area (Å²) in [6, 6.07) is 21.3. The third-order valence-electron chi connectivity index (χ3n) is 8.42. The van der Waals surface area contributed by atoms with E-state index in [1.807, 2.05) is 0 Å². The summed E-state index contributed by atoms with van der Waals surface area (Å²) in [7, 11) is 0. The second-order valence-corrected chi connectivity index (χ2v) is 15.4. The Kier molecular flexibility index (Phi) is 16.7. The van der Waals surface area contributed by atoms with E-state index < -0.39 is 47.3 Å². The molecule has 0 bridgehead atoms. The Balaban J connectivity index is 1.25. The Labute approximate surface area is 384 Å². The van der Waals surface area contributed by atoms with Crippen LogP contribution in [0.3, 0.4) is 0 Å². The first-order chi connectivity index (χ1) is 29.5. The monoisotopic (exact) mass is 954 g/mol. The summed E-state index contributed by atoms with van der Waals surface area (Å²) in [5.41, 5.74) is 3.06. The van der Waals surface area contributed by atoms with Crippen molar-refractivity contribution < 1.29 is 28.8 Å². The van der Waals surface area contributed by atoms with Crippen LogP contribution in [0.15, 0.2) is 118 Å². The van der Waals surface area contributed by atoms with Crippen molar-refractivity contribution in [3.8, 4) is 0 Å². The molecule has 0 aliphatic rings. The van der Waals surface area contributed by atoms with Crippen LogP contribution in [0.25, 0.3) is 0 Å². The zero-order chi connectivity index (χ0) is 45.1. The van der Waals surface area contributed by atoms with E-state index in [9.17, 15) is 28.8 Å². The molecule has 0 saturated heterocycles. The minimum Gasteiger partial charge on any atom is -0.324 e. The maximum atomic E-state index is 13.3. The summed E-state index contributed by atoms with van der Waals surface area (Å²) in [6.07, 6.45) is 0. The minimum atomic E-state index is -1.68. The molecular formula is C42H32Cl6N8O6. The van der Waals surface area contributed by atoms with Crippen molar-refractivity contribution in [2.75, 3.05) is 21.3 Å². The average molecular weight is 957 g/mol. The molecule has 14 nitrogen and oxygen atoms in total. The van der Waals surface area contributed by atoms with Crippen LogP contribution in [0, 0.1) is 0 Å². The Hall–Kier alpha value is -5.74. The second-order valence-electron chi connectivity index (χ2n) is 13.2. The first-order valence-electron chi connectivity index (χ1n) is 18.0. The highest BCUT2D eigenvalue weighted by molar-refractivity contribution is 6.40. The number of nitrogens with zero attached hydrogens (tertiary/aromatic N) is 4. The van der Waals surface area contributed by atoms with Crippen LogP contribution in [0.2, 0.25) is 20.1 Å². The van der Waals surface area contributed by atoms with Crippen molar-refractivity contribution in [3.63, 3.8) is 0 Å². The standard InChI is InChI=1S/C42H32Cl6N8O6/c1-21(57)36(55-53-32-13-25(11-27(45)15-32)39(59)49-29-7-3-23(19-43)4-8-29)41(61)51-31-17-34(47)38(35(48)18-31)52-42(62)37(22(2)58)56-54-33-14-26(12-28(46)16-33)40(60)50-30-9-5-24(20-44)6-10-30/h3-18,36-37H,19-20H2,1-2H3,(H,49,59)(H,50,60)(H,51,61)(H,52,62). The smallest absolute Gasteiger partial charge is 0.258 e. The maximum Gasteiger partial charge on any atom is 0.258 e. The maximum absolute atomic E-state index is 13.3. The first-order valence-corrected chi connectivity index (χ1v) is 20.6. The molecule has 5 aromatic rings. The molecule has 2 unspecified atom stereocenters. The van der Waals surface area contributed by atoms with Gasteiger partial charge in [0.1, 0.15) is 0 Å². The summed E-state index contributed by atoms with van der Waals surface area (Å²) >= 11 is 37.1. The van der Waals surface area contributed by atoms with Crippen molar-refractivity contribution in [2.24, 2.45) is 20.5 Å². The quantitative estimate of drug-likeness (QED) is 0.0431. The van der Waals surface area contributed by atoms with E-state index in [0.29, 0.717) is 23.1 Å². The van der Waals surface area contributed by atoms with Gasteiger partial charge >= 0.3 is 0 Å². The summed E-state index contributed by atoms with van der Waals surface area (Å²) in [5, 5.41) is 26.2. The van der Waals surface area contributed by atoms with Crippen LogP contribution in [0.1, 0.15) is 45.7 Å². The molecular weight excluding hydrogens is 925 g/mol. The fourth-order valence-corrected chi connectivity index (χ4v) is 6.74. The van der Waals surface area contributed by atoms with Gasteiger partial charge in [-0.25, -0.2) is 0 Å². The Morgan fingerprint density at radius 3 is 1.26 bits per heavy atom. The average Bonchev–Trinajstić information content (AvgIpc) is 3.22. The summed E-state index contributed by atoms with van der Waals surface area (Å²) in [6.45, 7) is 2.25. The van der Waals surface area contributed by atoms with Crippen LogP contribution in [-0.4, -0.2) is 47.3 Å². The SMILES string of the molecule is CC(=O)C(N=Nc1cc(Cl)cc(C(=O)Nc2ccc(CCl)cc2)c1)C(=O)Nc1cc(Cl)c(NC(=O)C(N=Nc2cc(Cl)cc(C(=O)Nc3ccc(CCl)cc3)c2)C(C)=O)c(Cl)c1. The van der Waals surface area contributed by atoms with Crippen molar-refractivity contribution >= 4 is 139 Å². The van der Waals surface area contributed by atoms with E-state index in [2.05, 4.69) is 41.7 Å². The molecule has 0 aliphatic heterocycles. The molecule has 5 aromatic carbocycles. The highest BCUT2D eigenvalue weighted by atomic mass is 35.5. The second kappa shape index (κ2) is 21.9. The van der Waals surface area contributed by atoms with Gasteiger partial charge in [0.15, 0.2) is 11.6 Å². The molecule has 318 valence electrons. The number of hydrogen-bond acceptors (Lipinski definition) is 10. The van der Waals surface area contributed by atoms with Crippen LogP contribution in [-0.2, 0) is 30.9 Å². The molecule has 2 atom stereocenters. The lowest BCUT2D eigenvalue weighted by Gasteiger charge is -2.15. The molecule has 0 aromatic heterocycles. The van der Waals surface area contributed by atoms with E-state index in [0.717, 1.165) is 25.0 Å². The number of amides is 4. The molecule has 5 rings (SSSR count). The number of benzene rings is 5. The number of rotatable bonds is 16. The lowest BCUT2D eigenvalue weighted by Crippen LogP contribution is -2.32. The molecule has 0 aliphatic carbocycles. The number of halogens is 6. The number of ketones is 2. The number of Topliss-reactive ketones (excluding diaryl/α,β-unsaturated/α-hetero) is 2. The number of carbonyl (C=O) groups is 6. The lowest BCUT2D eigenvalue weighted by atomic mass is 10.1. The van der Waals surface area contributed by atoms with Gasteiger partial charge < -0.3 is 21.3 Å². The van der Waals surface area contributed by atoms with Crippen LogP contribution in [0.4, 0.5) is 34.1 Å². The summed E-state index contributed by atoms with van der Waals surface area (Å²) in [5.74, 6) is -3.62. The van der Waals surface area contributed by atoms with E-state index in [-0.39, 0.29) is 54.0 Å². The van der Waals surface area contributed by atoms with Crippen LogP contribution < -0.4 is 21.3 Å². The largest absolute Gasteiger partial charge is 0.324 e. The van der Waals surface area contributed by atoms with Gasteiger partial charge in [-0.15, -0.1) is 23.2 Å². The van der Waals surface area contributed by atoms with E-state index in [1.54, 1.807) is 48.5 Å². The fourth-order valence-electron chi connectivity index (χ4n) is 5.34. The molecule has 62 heavy (non-hydrogen) atoms.